The summed E-state index contributed by atoms with van der Waals surface area (Å²) >= 11 is 1.53. The summed E-state index contributed by atoms with van der Waals surface area (Å²) in [7, 11) is 1.72. The fraction of sp³-hybridized carbons (Fsp3) is 0.500. The van der Waals surface area contributed by atoms with Crippen LogP contribution in [0.3, 0.4) is 0 Å². The Balaban J connectivity index is 2.27. The van der Waals surface area contributed by atoms with Gasteiger partial charge in [0.05, 0.1) is 17.2 Å². The molecule has 1 aliphatic carbocycles. The lowest BCUT2D eigenvalue weighted by Crippen LogP contribution is -2.29. The van der Waals surface area contributed by atoms with Crippen LogP contribution in [0.4, 0.5) is 5.82 Å². The van der Waals surface area contributed by atoms with E-state index in [2.05, 4.69) is 11.1 Å². The van der Waals surface area contributed by atoms with Crippen molar-refractivity contribution in [3.8, 4) is 12.1 Å². The standard InChI is InChI=1S/C14H16N4OS/c1-19-11-4-2-3-5-12(11)20-14-10(8-16)6-9(7-15)13(17)18-14/h6,11-12H,2-5H2,1H3,(H2,17,18). The van der Waals surface area contributed by atoms with Gasteiger partial charge in [-0.1, -0.05) is 24.6 Å². The van der Waals surface area contributed by atoms with Crippen LogP contribution in [0.5, 0.6) is 0 Å². The number of nitrogens with two attached hydrogens (primary N) is 1. The molecule has 1 fully saturated rings. The monoisotopic (exact) mass is 288 g/mol. The first kappa shape index (κ1) is 14.6. The Morgan fingerprint density at radius 3 is 2.65 bits per heavy atom. The van der Waals surface area contributed by atoms with Gasteiger partial charge in [-0.3, -0.25) is 0 Å². The summed E-state index contributed by atoms with van der Waals surface area (Å²) in [5.41, 5.74) is 6.39. The van der Waals surface area contributed by atoms with Gasteiger partial charge >= 0.3 is 0 Å². The highest BCUT2D eigenvalue weighted by molar-refractivity contribution is 8.00. The highest BCUT2D eigenvalue weighted by atomic mass is 32.2. The molecule has 1 aromatic heterocycles. The number of hydrogen-bond acceptors (Lipinski definition) is 6. The first-order chi connectivity index (χ1) is 9.69. The predicted octanol–water partition coefficient (Wildman–Crippen LogP) is 2.46. The molecule has 1 saturated carbocycles. The van der Waals surface area contributed by atoms with Crippen LogP contribution in [-0.4, -0.2) is 23.4 Å². The van der Waals surface area contributed by atoms with Crippen LogP contribution in [0.25, 0.3) is 0 Å². The van der Waals surface area contributed by atoms with Gasteiger partial charge in [0.25, 0.3) is 0 Å². The third-order valence-electron chi connectivity index (χ3n) is 3.47. The number of aromatic nitrogens is 1. The van der Waals surface area contributed by atoms with Crippen LogP contribution in [-0.2, 0) is 4.74 Å². The molecule has 104 valence electrons. The van der Waals surface area contributed by atoms with Crippen molar-refractivity contribution in [1.29, 1.82) is 10.5 Å². The first-order valence-corrected chi connectivity index (χ1v) is 7.37. The van der Waals surface area contributed by atoms with Gasteiger partial charge in [0.1, 0.15) is 23.0 Å². The molecule has 1 aromatic rings. The molecule has 0 radical (unpaired) electrons. The number of ether oxygens (including phenoxy) is 1. The highest BCUT2D eigenvalue weighted by Crippen LogP contribution is 2.36. The lowest BCUT2D eigenvalue weighted by molar-refractivity contribution is 0.0763. The summed E-state index contributed by atoms with van der Waals surface area (Å²) in [5, 5.41) is 19.0. The van der Waals surface area contributed by atoms with Crippen molar-refractivity contribution >= 4 is 17.6 Å². The molecule has 0 spiro atoms. The zero-order chi connectivity index (χ0) is 14.5. The van der Waals surface area contributed by atoms with Crippen LogP contribution in [0.15, 0.2) is 11.1 Å². The summed E-state index contributed by atoms with van der Waals surface area (Å²) in [5.74, 6) is 0.179. The Morgan fingerprint density at radius 1 is 1.30 bits per heavy atom. The third-order valence-corrected chi connectivity index (χ3v) is 4.84. The number of anilines is 1. The second-order valence-corrected chi connectivity index (χ2v) is 5.94. The van der Waals surface area contributed by atoms with Crippen molar-refractivity contribution in [2.45, 2.75) is 42.1 Å². The summed E-state index contributed by atoms with van der Waals surface area (Å²) in [6.45, 7) is 0. The number of rotatable bonds is 3. The van der Waals surface area contributed by atoms with Gasteiger partial charge < -0.3 is 10.5 Å². The van der Waals surface area contributed by atoms with Crippen molar-refractivity contribution in [2.75, 3.05) is 12.8 Å². The molecule has 20 heavy (non-hydrogen) atoms. The van der Waals surface area contributed by atoms with E-state index in [0.717, 1.165) is 19.3 Å². The maximum Gasteiger partial charge on any atom is 0.142 e. The maximum absolute atomic E-state index is 9.20. The molecule has 0 amide bonds. The number of nitrogen functional groups attached to an aromatic ring is 1. The largest absolute Gasteiger partial charge is 0.383 e. The van der Waals surface area contributed by atoms with Crippen LogP contribution in [0.2, 0.25) is 0 Å². The summed E-state index contributed by atoms with van der Waals surface area (Å²) in [6.07, 6.45) is 4.57. The van der Waals surface area contributed by atoms with Crippen LogP contribution in [0.1, 0.15) is 36.8 Å². The van der Waals surface area contributed by atoms with Crippen molar-refractivity contribution in [2.24, 2.45) is 0 Å². The average molecular weight is 288 g/mol. The van der Waals surface area contributed by atoms with E-state index in [1.54, 1.807) is 7.11 Å². The topological polar surface area (TPSA) is 95.7 Å². The molecule has 5 nitrogen and oxygen atoms in total. The Morgan fingerprint density at radius 2 is 2.00 bits per heavy atom. The Hall–Kier alpha value is -1.76. The van der Waals surface area contributed by atoms with E-state index in [4.69, 9.17) is 15.7 Å². The van der Waals surface area contributed by atoms with E-state index in [-0.39, 0.29) is 22.7 Å². The van der Waals surface area contributed by atoms with E-state index in [1.165, 1.54) is 24.2 Å². The third kappa shape index (κ3) is 3.04. The Bertz CT molecular complexity index is 576. The molecule has 2 atom stereocenters. The van der Waals surface area contributed by atoms with Crippen molar-refractivity contribution in [3.05, 3.63) is 17.2 Å². The van der Waals surface area contributed by atoms with Gasteiger partial charge in [-0.25, -0.2) is 4.98 Å². The molecule has 2 rings (SSSR count). The van der Waals surface area contributed by atoms with E-state index < -0.39 is 0 Å². The maximum atomic E-state index is 9.20. The smallest absolute Gasteiger partial charge is 0.142 e. The molecule has 6 heteroatoms. The van der Waals surface area contributed by atoms with Gasteiger partial charge in [0.15, 0.2) is 0 Å². The number of thioether (sulfide) groups is 1. The molecular formula is C14H16N4OS. The van der Waals surface area contributed by atoms with Crippen LogP contribution < -0.4 is 5.73 Å². The van der Waals surface area contributed by atoms with Gasteiger partial charge in [0.2, 0.25) is 0 Å². The summed E-state index contributed by atoms with van der Waals surface area (Å²) < 4.78 is 5.51. The Kier molecular flexibility index (Phi) is 4.84. The molecule has 0 saturated heterocycles. The number of nitrogens with zero attached hydrogens (tertiary/aromatic N) is 3. The fourth-order valence-electron chi connectivity index (χ4n) is 2.38. The van der Waals surface area contributed by atoms with Gasteiger partial charge in [-0.15, -0.1) is 0 Å². The zero-order valence-corrected chi connectivity index (χ0v) is 12.1. The van der Waals surface area contributed by atoms with Gasteiger partial charge in [-0.2, -0.15) is 10.5 Å². The van der Waals surface area contributed by atoms with Gasteiger partial charge in [-0.05, 0) is 18.9 Å². The van der Waals surface area contributed by atoms with E-state index in [1.807, 2.05) is 6.07 Å². The SMILES string of the molecule is COC1CCCCC1Sc1nc(N)c(C#N)cc1C#N. The van der Waals surface area contributed by atoms with Crippen LogP contribution >= 0.6 is 11.8 Å². The first-order valence-electron chi connectivity index (χ1n) is 6.49. The van der Waals surface area contributed by atoms with Crippen molar-refractivity contribution in [3.63, 3.8) is 0 Å². The van der Waals surface area contributed by atoms with E-state index in [9.17, 15) is 5.26 Å². The van der Waals surface area contributed by atoms with E-state index >= 15 is 0 Å². The second-order valence-electron chi connectivity index (χ2n) is 4.71. The minimum Gasteiger partial charge on any atom is -0.383 e. The number of pyridine rings is 1. The minimum absolute atomic E-state index is 0.179. The Labute approximate surface area is 122 Å². The highest BCUT2D eigenvalue weighted by Gasteiger charge is 2.27. The van der Waals surface area contributed by atoms with E-state index in [0.29, 0.717) is 10.6 Å². The van der Waals surface area contributed by atoms with Crippen molar-refractivity contribution < 1.29 is 4.74 Å². The molecule has 2 N–H and O–H groups in total. The molecule has 2 unspecified atom stereocenters. The minimum atomic E-state index is 0.179. The molecule has 0 aromatic carbocycles. The summed E-state index contributed by atoms with van der Waals surface area (Å²) in [4.78, 5) is 4.22. The normalized spacial score (nSPS) is 21.9. The fourth-order valence-corrected chi connectivity index (χ4v) is 3.73. The molecule has 0 aliphatic heterocycles. The van der Waals surface area contributed by atoms with Crippen molar-refractivity contribution in [1.82, 2.24) is 4.98 Å². The average Bonchev–Trinajstić information content (AvgIpc) is 2.48. The number of nitriles is 2. The zero-order valence-electron chi connectivity index (χ0n) is 11.3. The predicted molar refractivity (Wildman–Crippen MR) is 77.0 cm³/mol. The molecular weight excluding hydrogens is 272 g/mol. The number of hydrogen-bond donors (Lipinski definition) is 1. The summed E-state index contributed by atoms with van der Waals surface area (Å²) in [6, 6.07) is 5.55. The van der Waals surface area contributed by atoms with Gasteiger partial charge in [0, 0.05) is 12.4 Å². The quantitative estimate of drug-likeness (QED) is 0.917. The number of methoxy groups -OCH3 is 1. The lowest BCUT2D eigenvalue weighted by Gasteiger charge is -2.29. The molecule has 1 aliphatic rings. The molecule has 1 heterocycles. The second kappa shape index (κ2) is 6.60. The van der Waals surface area contributed by atoms with Crippen LogP contribution in [0, 0.1) is 22.7 Å². The lowest BCUT2D eigenvalue weighted by atomic mass is 9.97. The molecule has 0 bridgehead atoms.